The van der Waals surface area contributed by atoms with Gasteiger partial charge in [-0.25, -0.2) is 4.39 Å². The lowest BCUT2D eigenvalue weighted by Crippen LogP contribution is -2.27. The third-order valence-electron chi connectivity index (χ3n) is 4.22. The van der Waals surface area contributed by atoms with E-state index in [0.717, 1.165) is 16.0 Å². The number of hydrogen-bond donors (Lipinski definition) is 1. The van der Waals surface area contributed by atoms with Crippen molar-refractivity contribution >= 4 is 23.3 Å². The van der Waals surface area contributed by atoms with E-state index < -0.39 is 0 Å². The molecule has 0 fully saturated rings. The average molecular weight is 422 g/mol. The summed E-state index contributed by atoms with van der Waals surface area (Å²) in [6.07, 6.45) is 3.08. The molecule has 7 heteroatoms. The van der Waals surface area contributed by atoms with E-state index in [-0.39, 0.29) is 24.4 Å². The van der Waals surface area contributed by atoms with Gasteiger partial charge in [0.1, 0.15) is 11.9 Å². The number of nitrogens with one attached hydrogen (secondary N) is 1. The molecule has 1 N–H and O–H groups in total. The molecule has 1 aromatic heterocycles. The summed E-state index contributed by atoms with van der Waals surface area (Å²) in [4.78, 5) is 13.5. The average Bonchev–Trinajstić information content (AvgIpc) is 3.30. The molecule has 30 heavy (non-hydrogen) atoms. The van der Waals surface area contributed by atoms with Crippen LogP contribution in [0.1, 0.15) is 22.0 Å². The van der Waals surface area contributed by atoms with Crippen molar-refractivity contribution in [3.8, 4) is 17.6 Å². The van der Waals surface area contributed by atoms with E-state index >= 15 is 0 Å². The van der Waals surface area contributed by atoms with Crippen LogP contribution in [0.5, 0.6) is 11.5 Å². The maximum absolute atomic E-state index is 13.3. The summed E-state index contributed by atoms with van der Waals surface area (Å²) in [5, 5.41) is 13.5. The number of benzene rings is 2. The maximum atomic E-state index is 13.3. The number of methoxy groups -OCH3 is 1. The third-order valence-corrected chi connectivity index (χ3v) is 5.16. The highest BCUT2D eigenvalue weighted by atomic mass is 32.1. The molecular formula is C23H19FN2O3S. The predicted molar refractivity (Wildman–Crippen MR) is 114 cm³/mol. The van der Waals surface area contributed by atoms with Gasteiger partial charge in [-0.05, 0) is 52.9 Å². The van der Waals surface area contributed by atoms with Crippen LogP contribution in [-0.2, 0) is 4.79 Å². The van der Waals surface area contributed by atoms with Gasteiger partial charge in [0.05, 0.1) is 13.2 Å². The molecule has 0 radical (unpaired) electrons. The molecule has 3 rings (SSSR count). The number of amides is 1. The molecule has 0 aliphatic heterocycles. The minimum Gasteiger partial charge on any atom is -0.493 e. The first-order chi connectivity index (χ1) is 14.6. The van der Waals surface area contributed by atoms with E-state index in [0.29, 0.717) is 11.5 Å². The number of carbonyl (C=O) groups excluding carboxylic acids is 1. The smallest absolute Gasteiger partial charge is 0.244 e. The summed E-state index contributed by atoms with van der Waals surface area (Å²) in [7, 11) is 1.50. The highest BCUT2D eigenvalue weighted by molar-refractivity contribution is 7.10. The molecule has 2 aromatic carbocycles. The molecule has 0 aliphatic carbocycles. The predicted octanol–water partition coefficient (Wildman–Crippen LogP) is 4.72. The summed E-state index contributed by atoms with van der Waals surface area (Å²) in [5.41, 5.74) is 1.53. The number of hydrogen-bond acceptors (Lipinski definition) is 5. The van der Waals surface area contributed by atoms with Crippen molar-refractivity contribution in [2.75, 3.05) is 13.7 Å². The Kier molecular flexibility index (Phi) is 7.19. The van der Waals surface area contributed by atoms with Crippen molar-refractivity contribution in [1.82, 2.24) is 5.32 Å². The molecule has 0 saturated carbocycles. The van der Waals surface area contributed by atoms with Gasteiger partial charge < -0.3 is 14.8 Å². The molecule has 1 heterocycles. The summed E-state index contributed by atoms with van der Waals surface area (Å²) in [5.74, 6) is 0.304. The van der Waals surface area contributed by atoms with Gasteiger partial charge in [0.2, 0.25) is 5.91 Å². The number of carbonyl (C=O) groups is 1. The molecule has 1 unspecified atom stereocenters. The van der Waals surface area contributed by atoms with Crippen LogP contribution >= 0.6 is 11.3 Å². The van der Waals surface area contributed by atoms with Crippen molar-refractivity contribution in [2.45, 2.75) is 6.04 Å². The Bertz CT molecular complexity index is 1060. The van der Waals surface area contributed by atoms with Gasteiger partial charge >= 0.3 is 0 Å². The Labute approximate surface area is 178 Å². The first-order valence-electron chi connectivity index (χ1n) is 9.06. The monoisotopic (exact) mass is 422 g/mol. The summed E-state index contributed by atoms with van der Waals surface area (Å²) in [6, 6.07) is 16.6. The standard InChI is InChI=1S/C23H19FN2O3S/c1-28-20-15-16(4-10-19(20)29-13-12-25)5-11-22(27)26-23(21-3-2-14-30-21)17-6-8-18(24)9-7-17/h2-11,14-15,23H,13H2,1H3,(H,26,27)/b11-5+. The van der Waals surface area contributed by atoms with Crippen LogP contribution in [0.15, 0.2) is 66.1 Å². The normalized spacial score (nSPS) is 11.6. The van der Waals surface area contributed by atoms with Crippen LogP contribution in [0.4, 0.5) is 4.39 Å². The molecule has 152 valence electrons. The van der Waals surface area contributed by atoms with Crippen LogP contribution in [0.3, 0.4) is 0 Å². The Balaban J connectivity index is 1.74. The lowest BCUT2D eigenvalue weighted by Gasteiger charge is -2.17. The zero-order valence-electron chi connectivity index (χ0n) is 16.2. The summed E-state index contributed by atoms with van der Waals surface area (Å²) in [6.45, 7) is -0.0819. The number of nitriles is 1. The first kappa shape index (κ1) is 21.1. The van der Waals surface area contributed by atoms with E-state index in [1.165, 1.54) is 36.7 Å². The van der Waals surface area contributed by atoms with E-state index in [1.54, 1.807) is 36.4 Å². The number of halogens is 1. The third kappa shape index (κ3) is 5.46. The highest BCUT2D eigenvalue weighted by Gasteiger charge is 2.17. The minimum atomic E-state index is -0.376. The van der Waals surface area contributed by atoms with Gasteiger partial charge in [-0.2, -0.15) is 5.26 Å². The lowest BCUT2D eigenvalue weighted by atomic mass is 10.1. The van der Waals surface area contributed by atoms with E-state index in [4.69, 9.17) is 14.7 Å². The topological polar surface area (TPSA) is 71.3 Å². The van der Waals surface area contributed by atoms with Crippen molar-refractivity contribution in [3.05, 3.63) is 87.9 Å². The van der Waals surface area contributed by atoms with Crippen LogP contribution in [0, 0.1) is 17.1 Å². The fraction of sp³-hybridized carbons (Fsp3) is 0.130. The quantitative estimate of drug-likeness (QED) is 0.534. The number of ether oxygens (including phenoxy) is 2. The molecule has 0 bridgehead atoms. The van der Waals surface area contributed by atoms with Crippen LogP contribution in [0.2, 0.25) is 0 Å². The number of rotatable bonds is 8. The second kappa shape index (κ2) is 10.2. The summed E-state index contributed by atoms with van der Waals surface area (Å²) < 4.78 is 23.9. The van der Waals surface area contributed by atoms with Gasteiger partial charge in [0.25, 0.3) is 0 Å². The van der Waals surface area contributed by atoms with E-state index in [2.05, 4.69) is 5.32 Å². The Morgan fingerprint density at radius 2 is 2.03 bits per heavy atom. The van der Waals surface area contributed by atoms with Gasteiger partial charge in [-0.1, -0.05) is 24.3 Å². The molecule has 3 aromatic rings. The van der Waals surface area contributed by atoms with Crippen LogP contribution in [0.25, 0.3) is 6.08 Å². The zero-order chi connectivity index (χ0) is 21.3. The van der Waals surface area contributed by atoms with E-state index in [9.17, 15) is 9.18 Å². The van der Waals surface area contributed by atoms with Gasteiger partial charge in [0, 0.05) is 11.0 Å². The summed E-state index contributed by atoms with van der Waals surface area (Å²) >= 11 is 1.51. The second-order valence-electron chi connectivity index (χ2n) is 6.20. The Hall–Kier alpha value is -3.63. The Morgan fingerprint density at radius 1 is 1.23 bits per heavy atom. The molecule has 1 atom stereocenters. The van der Waals surface area contributed by atoms with Crippen molar-refractivity contribution in [2.24, 2.45) is 0 Å². The largest absolute Gasteiger partial charge is 0.493 e. The highest BCUT2D eigenvalue weighted by Crippen LogP contribution is 2.29. The number of nitrogens with zero attached hydrogens (tertiary/aromatic N) is 1. The lowest BCUT2D eigenvalue weighted by molar-refractivity contribution is -0.116. The number of thiophene rings is 1. The van der Waals surface area contributed by atoms with Crippen molar-refractivity contribution in [1.29, 1.82) is 5.26 Å². The van der Waals surface area contributed by atoms with Gasteiger partial charge in [-0.3, -0.25) is 4.79 Å². The molecule has 1 amide bonds. The van der Waals surface area contributed by atoms with Crippen molar-refractivity contribution < 1.29 is 18.7 Å². The SMILES string of the molecule is COc1cc(/C=C/C(=O)NC(c2ccc(F)cc2)c2cccs2)ccc1OCC#N. The fourth-order valence-electron chi connectivity index (χ4n) is 2.81. The Morgan fingerprint density at radius 3 is 2.70 bits per heavy atom. The molecule has 0 aliphatic rings. The molecule has 5 nitrogen and oxygen atoms in total. The molecular weight excluding hydrogens is 403 g/mol. The van der Waals surface area contributed by atoms with Crippen molar-refractivity contribution in [3.63, 3.8) is 0 Å². The van der Waals surface area contributed by atoms with Gasteiger partial charge in [-0.15, -0.1) is 11.3 Å². The van der Waals surface area contributed by atoms with Gasteiger partial charge in [0.15, 0.2) is 18.1 Å². The van der Waals surface area contributed by atoms with E-state index in [1.807, 2.05) is 23.6 Å². The second-order valence-corrected chi connectivity index (χ2v) is 7.18. The van der Waals surface area contributed by atoms with Crippen LogP contribution < -0.4 is 14.8 Å². The first-order valence-corrected chi connectivity index (χ1v) is 9.94. The maximum Gasteiger partial charge on any atom is 0.244 e. The minimum absolute atomic E-state index is 0.0819. The fourth-order valence-corrected chi connectivity index (χ4v) is 3.61. The molecule has 0 saturated heterocycles. The zero-order valence-corrected chi connectivity index (χ0v) is 17.0. The van der Waals surface area contributed by atoms with Crippen LogP contribution in [-0.4, -0.2) is 19.6 Å². The molecule has 0 spiro atoms.